The van der Waals surface area contributed by atoms with E-state index < -0.39 is 10.0 Å². The molecule has 0 atom stereocenters. The average molecular weight is 411 g/mol. The highest BCUT2D eigenvalue weighted by atomic mass is 32.2. The highest BCUT2D eigenvalue weighted by molar-refractivity contribution is 7.89. The molecule has 1 aliphatic heterocycles. The summed E-state index contributed by atoms with van der Waals surface area (Å²) in [6, 6.07) is 16.6. The van der Waals surface area contributed by atoms with Crippen LogP contribution in [0.1, 0.15) is 19.8 Å². The lowest BCUT2D eigenvalue weighted by molar-refractivity contribution is 0.228. The summed E-state index contributed by atoms with van der Waals surface area (Å²) in [6.45, 7) is 8.30. The molecule has 2 heterocycles. The maximum Gasteiger partial charge on any atom is 0.241 e. The van der Waals surface area contributed by atoms with E-state index in [0.29, 0.717) is 23.8 Å². The van der Waals surface area contributed by atoms with Crippen LogP contribution in [0.2, 0.25) is 0 Å². The average Bonchev–Trinajstić information content (AvgIpc) is 3.17. The van der Waals surface area contributed by atoms with Crippen molar-refractivity contribution in [1.82, 2.24) is 9.62 Å². The molecule has 3 aromatic rings. The first-order valence-corrected chi connectivity index (χ1v) is 11.4. The molecule has 2 aromatic carbocycles. The van der Waals surface area contributed by atoms with Crippen molar-refractivity contribution in [1.29, 1.82) is 0 Å². The molecular formula is C23H26N2O3S. The van der Waals surface area contributed by atoms with E-state index in [-0.39, 0.29) is 4.90 Å². The standard InChI is InChI=1S/C23H26N2O3S/c1-17(2)25-13-11-18(12-14-25)16-24-29(26,27)23-10-6-4-8-20(23)22-15-19-7-3-5-9-21(19)28-22/h3-10,15,18,24H,1,11-14,16H2,2H3. The Morgan fingerprint density at radius 3 is 2.55 bits per heavy atom. The second-order valence-electron chi connectivity index (χ2n) is 7.66. The summed E-state index contributed by atoms with van der Waals surface area (Å²) in [5.74, 6) is 0.890. The third-order valence-electron chi connectivity index (χ3n) is 5.58. The third kappa shape index (κ3) is 4.23. The molecule has 0 bridgehead atoms. The Balaban J connectivity index is 1.53. The SMILES string of the molecule is C=C(C)N1CCC(CNS(=O)(=O)c2ccccc2-c2cc3ccccc3o2)CC1. The lowest BCUT2D eigenvalue weighted by Crippen LogP contribution is -2.37. The number of nitrogens with one attached hydrogen (secondary N) is 1. The zero-order chi connectivity index (χ0) is 20.4. The van der Waals surface area contributed by atoms with Crippen LogP contribution >= 0.6 is 0 Å². The van der Waals surface area contributed by atoms with Gasteiger partial charge >= 0.3 is 0 Å². The lowest BCUT2D eigenvalue weighted by atomic mass is 9.97. The molecule has 1 N–H and O–H groups in total. The molecule has 0 saturated carbocycles. The van der Waals surface area contributed by atoms with Crippen molar-refractivity contribution in [2.75, 3.05) is 19.6 Å². The summed E-state index contributed by atoms with van der Waals surface area (Å²) in [5, 5.41) is 0.951. The van der Waals surface area contributed by atoms with Gasteiger partial charge in [0.25, 0.3) is 0 Å². The van der Waals surface area contributed by atoms with Crippen molar-refractivity contribution in [3.8, 4) is 11.3 Å². The van der Waals surface area contributed by atoms with E-state index in [0.717, 1.165) is 42.6 Å². The first-order valence-electron chi connectivity index (χ1n) is 9.92. The molecule has 1 saturated heterocycles. The number of likely N-dealkylation sites (tertiary alicyclic amines) is 1. The Hall–Kier alpha value is -2.57. The number of nitrogens with zero attached hydrogens (tertiary/aromatic N) is 1. The summed E-state index contributed by atoms with van der Waals surface area (Å²) < 4.78 is 34.9. The molecule has 1 aromatic heterocycles. The summed E-state index contributed by atoms with van der Waals surface area (Å²) in [6.07, 6.45) is 1.92. The van der Waals surface area contributed by atoms with E-state index in [1.165, 1.54) is 0 Å². The minimum Gasteiger partial charge on any atom is -0.456 e. The zero-order valence-corrected chi connectivity index (χ0v) is 17.4. The van der Waals surface area contributed by atoms with Crippen LogP contribution < -0.4 is 4.72 Å². The number of piperidine rings is 1. The van der Waals surface area contributed by atoms with Crippen molar-refractivity contribution in [2.24, 2.45) is 5.92 Å². The van der Waals surface area contributed by atoms with Crippen molar-refractivity contribution >= 4 is 21.0 Å². The topological polar surface area (TPSA) is 62.6 Å². The van der Waals surface area contributed by atoms with E-state index in [1.807, 2.05) is 43.3 Å². The Kier molecular flexibility index (Phi) is 5.48. The number of rotatable bonds is 6. The number of para-hydroxylation sites is 1. The first kappa shape index (κ1) is 19.7. The van der Waals surface area contributed by atoms with E-state index in [1.54, 1.807) is 18.2 Å². The van der Waals surface area contributed by atoms with Gasteiger partial charge in [0.05, 0.1) is 4.90 Å². The van der Waals surface area contributed by atoms with Gasteiger partial charge in [-0.05, 0) is 49.9 Å². The molecule has 152 valence electrons. The second-order valence-corrected chi connectivity index (χ2v) is 9.40. The van der Waals surface area contributed by atoms with Gasteiger partial charge in [-0.15, -0.1) is 0 Å². The molecule has 1 aliphatic rings. The van der Waals surface area contributed by atoms with Crippen LogP contribution in [0.25, 0.3) is 22.3 Å². The Morgan fingerprint density at radius 1 is 1.14 bits per heavy atom. The van der Waals surface area contributed by atoms with Gasteiger partial charge in [0.2, 0.25) is 10.0 Å². The summed E-state index contributed by atoms with van der Waals surface area (Å²) in [4.78, 5) is 2.50. The van der Waals surface area contributed by atoms with Crippen molar-refractivity contribution < 1.29 is 12.8 Å². The van der Waals surface area contributed by atoms with E-state index >= 15 is 0 Å². The number of sulfonamides is 1. The van der Waals surface area contributed by atoms with Crippen molar-refractivity contribution in [2.45, 2.75) is 24.7 Å². The van der Waals surface area contributed by atoms with Gasteiger partial charge in [-0.1, -0.05) is 36.9 Å². The molecule has 1 fully saturated rings. The van der Waals surface area contributed by atoms with Gasteiger partial charge in [0, 0.05) is 36.3 Å². The fourth-order valence-corrected chi connectivity index (χ4v) is 5.17. The fraction of sp³-hybridized carbons (Fsp3) is 0.304. The van der Waals surface area contributed by atoms with Crippen molar-refractivity contribution in [3.05, 3.63) is 66.9 Å². The molecule has 0 spiro atoms. The fourth-order valence-electron chi connectivity index (χ4n) is 3.84. The summed E-state index contributed by atoms with van der Waals surface area (Å²) in [7, 11) is -3.65. The molecule has 4 rings (SSSR count). The molecule has 0 unspecified atom stereocenters. The van der Waals surface area contributed by atoms with Crippen LogP contribution in [0.15, 0.2) is 76.2 Å². The van der Waals surface area contributed by atoms with Crippen LogP contribution in [0.3, 0.4) is 0 Å². The number of hydrogen-bond acceptors (Lipinski definition) is 4. The highest BCUT2D eigenvalue weighted by Gasteiger charge is 2.24. The van der Waals surface area contributed by atoms with E-state index in [9.17, 15) is 8.42 Å². The Labute approximate surface area is 172 Å². The molecule has 0 aliphatic carbocycles. The minimum atomic E-state index is -3.65. The Bertz CT molecular complexity index is 1090. The predicted octanol–water partition coefficient (Wildman–Crippen LogP) is 4.62. The minimum absolute atomic E-state index is 0.249. The van der Waals surface area contributed by atoms with E-state index in [2.05, 4.69) is 16.2 Å². The highest BCUT2D eigenvalue weighted by Crippen LogP contribution is 2.32. The van der Waals surface area contributed by atoms with Crippen LogP contribution in [-0.2, 0) is 10.0 Å². The maximum atomic E-state index is 13.1. The van der Waals surface area contributed by atoms with Gasteiger partial charge in [0.1, 0.15) is 11.3 Å². The second kappa shape index (κ2) is 8.05. The smallest absolute Gasteiger partial charge is 0.241 e. The number of fused-ring (bicyclic) bond motifs is 1. The maximum absolute atomic E-state index is 13.1. The van der Waals surface area contributed by atoms with E-state index in [4.69, 9.17) is 4.42 Å². The van der Waals surface area contributed by atoms with Crippen molar-refractivity contribution in [3.63, 3.8) is 0 Å². The summed E-state index contributed by atoms with van der Waals surface area (Å²) in [5.41, 5.74) is 2.39. The van der Waals surface area contributed by atoms with Crippen LogP contribution in [-0.4, -0.2) is 33.0 Å². The zero-order valence-electron chi connectivity index (χ0n) is 16.6. The molecule has 6 heteroatoms. The lowest BCUT2D eigenvalue weighted by Gasteiger charge is -2.33. The normalized spacial score (nSPS) is 15.7. The number of hydrogen-bond donors (Lipinski definition) is 1. The van der Waals surface area contributed by atoms with Crippen LogP contribution in [0.4, 0.5) is 0 Å². The van der Waals surface area contributed by atoms with Gasteiger partial charge < -0.3 is 9.32 Å². The predicted molar refractivity (Wildman–Crippen MR) is 116 cm³/mol. The van der Waals surface area contributed by atoms with Crippen LogP contribution in [0, 0.1) is 5.92 Å². The largest absolute Gasteiger partial charge is 0.456 e. The number of benzene rings is 2. The quantitative estimate of drug-likeness (QED) is 0.644. The molecule has 0 amide bonds. The number of allylic oxidation sites excluding steroid dienone is 1. The molecular weight excluding hydrogens is 384 g/mol. The van der Waals surface area contributed by atoms with Gasteiger partial charge in [-0.3, -0.25) is 0 Å². The van der Waals surface area contributed by atoms with Gasteiger partial charge in [0.15, 0.2) is 0 Å². The summed E-state index contributed by atoms with van der Waals surface area (Å²) >= 11 is 0. The monoisotopic (exact) mass is 410 g/mol. The number of furan rings is 1. The molecule has 29 heavy (non-hydrogen) atoms. The third-order valence-corrected chi connectivity index (χ3v) is 7.07. The van der Waals surface area contributed by atoms with Gasteiger partial charge in [-0.2, -0.15) is 0 Å². The molecule has 5 nitrogen and oxygen atoms in total. The van der Waals surface area contributed by atoms with Gasteiger partial charge in [-0.25, -0.2) is 13.1 Å². The first-order chi connectivity index (χ1) is 13.9. The Morgan fingerprint density at radius 2 is 1.83 bits per heavy atom. The van der Waals surface area contributed by atoms with Crippen LogP contribution in [0.5, 0.6) is 0 Å². The molecule has 0 radical (unpaired) electrons.